The summed E-state index contributed by atoms with van der Waals surface area (Å²) in [7, 11) is 1.70. The minimum Gasteiger partial charge on any atom is -0.408 e. The summed E-state index contributed by atoms with van der Waals surface area (Å²) in [5, 5.41) is 9.28. The first-order valence-corrected chi connectivity index (χ1v) is 7.84. The zero-order valence-corrected chi connectivity index (χ0v) is 13.1. The topological polar surface area (TPSA) is 79.2 Å². The first kappa shape index (κ1) is 15.3. The van der Waals surface area contributed by atoms with Gasteiger partial charge in [0, 0.05) is 20.0 Å². The molecule has 0 unspecified atom stereocenters. The number of hydrogen-bond acceptors (Lipinski definition) is 4. The van der Waals surface area contributed by atoms with Crippen LogP contribution in [0.2, 0.25) is 0 Å². The summed E-state index contributed by atoms with van der Waals surface area (Å²) in [5.74, 6) is -0.452. The molecule has 1 fully saturated rings. The van der Waals surface area contributed by atoms with Crippen LogP contribution in [-0.4, -0.2) is 28.0 Å². The molecule has 0 atom stereocenters. The van der Waals surface area contributed by atoms with E-state index >= 15 is 0 Å². The molecular weight excluding hydrogens is 294 g/mol. The zero-order valence-electron chi connectivity index (χ0n) is 13.1. The maximum Gasteiger partial charge on any atom is 0.419 e. The molecule has 0 bridgehead atoms. The number of carbonyl (C=O) groups excluding carboxylic acids is 1. The molecule has 3 rings (SSSR count). The van der Waals surface area contributed by atoms with E-state index in [4.69, 9.17) is 4.42 Å². The molecule has 1 aliphatic rings. The fourth-order valence-electron chi connectivity index (χ4n) is 3.05. The fraction of sp³-hybridized carbons (Fsp3) is 0.471. The van der Waals surface area contributed by atoms with E-state index in [-0.39, 0.29) is 5.91 Å². The smallest absolute Gasteiger partial charge is 0.408 e. The molecule has 0 N–H and O–H groups in total. The van der Waals surface area contributed by atoms with Crippen molar-refractivity contribution in [3.63, 3.8) is 0 Å². The zero-order chi connectivity index (χ0) is 16.4. The van der Waals surface area contributed by atoms with Crippen molar-refractivity contribution in [1.82, 2.24) is 9.47 Å². The minimum atomic E-state index is -0.615. The highest BCUT2D eigenvalue weighted by molar-refractivity contribution is 5.77. The number of nitriles is 1. The van der Waals surface area contributed by atoms with Gasteiger partial charge >= 0.3 is 5.76 Å². The lowest BCUT2D eigenvalue weighted by Crippen LogP contribution is -2.53. The third-order valence-electron chi connectivity index (χ3n) is 4.75. The van der Waals surface area contributed by atoms with Crippen LogP contribution in [0, 0.1) is 11.3 Å². The fourth-order valence-corrected chi connectivity index (χ4v) is 3.05. The van der Waals surface area contributed by atoms with Crippen LogP contribution in [-0.2, 0) is 11.3 Å². The monoisotopic (exact) mass is 313 g/mol. The van der Waals surface area contributed by atoms with Crippen LogP contribution in [0.1, 0.15) is 32.1 Å². The normalized spacial score (nSPS) is 15.8. The van der Waals surface area contributed by atoms with Gasteiger partial charge in [0.1, 0.15) is 5.54 Å². The number of fused-ring (bicyclic) bond motifs is 1. The standard InChI is InChI=1S/C17H19N3O3/c1-19(17(12-18)9-5-10-17)15(21)8-4-11-20-13-6-2-3-7-14(13)23-16(20)22/h2-3,6-7H,4-5,8-11H2,1H3. The van der Waals surface area contributed by atoms with Gasteiger partial charge in [-0.05, 0) is 37.8 Å². The van der Waals surface area contributed by atoms with Crippen LogP contribution in [0.15, 0.2) is 33.5 Å². The lowest BCUT2D eigenvalue weighted by atomic mass is 9.76. The van der Waals surface area contributed by atoms with Crippen molar-refractivity contribution in [2.45, 2.75) is 44.2 Å². The van der Waals surface area contributed by atoms with Gasteiger partial charge < -0.3 is 9.32 Å². The molecule has 1 aromatic carbocycles. The summed E-state index contributed by atoms with van der Waals surface area (Å²) in [6.45, 7) is 0.426. The van der Waals surface area contributed by atoms with Crippen molar-refractivity contribution < 1.29 is 9.21 Å². The Morgan fingerprint density at radius 1 is 1.43 bits per heavy atom. The highest BCUT2D eigenvalue weighted by atomic mass is 16.4. The van der Waals surface area contributed by atoms with Crippen LogP contribution < -0.4 is 5.76 Å². The van der Waals surface area contributed by atoms with Crippen molar-refractivity contribution in [3.05, 3.63) is 34.8 Å². The van der Waals surface area contributed by atoms with Crippen LogP contribution in [0.4, 0.5) is 0 Å². The molecule has 120 valence electrons. The van der Waals surface area contributed by atoms with E-state index < -0.39 is 11.3 Å². The van der Waals surface area contributed by atoms with E-state index in [9.17, 15) is 14.9 Å². The number of hydrogen-bond donors (Lipinski definition) is 0. The highest BCUT2D eigenvalue weighted by Gasteiger charge is 2.43. The van der Waals surface area contributed by atoms with Gasteiger partial charge in [0.05, 0.1) is 11.6 Å². The number of amides is 1. The number of aryl methyl sites for hydroxylation is 1. The second kappa shape index (κ2) is 5.92. The van der Waals surface area contributed by atoms with E-state index in [0.717, 1.165) is 24.8 Å². The number of para-hydroxylation sites is 2. The van der Waals surface area contributed by atoms with E-state index in [0.29, 0.717) is 25.0 Å². The Kier molecular flexibility index (Phi) is 3.95. The molecule has 6 heteroatoms. The molecule has 1 heterocycles. The SMILES string of the molecule is CN(C(=O)CCCn1c(=O)oc2ccccc21)C1(C#N)CCC1. The van der Waals surface area contributed by atoms with Crippen molar-refractivity contribution >= 4 is 17.0 Å². The van der Waals surface area contributed by atoms with Crippen LogP contribution in [0.25, 0.3) is 11.1 Å². The number of nitrogens with zero attached hydrogens (tertiary/aromatic N) is 3. The van der Waals surface area contributed by atoms with Crippen molar-refractivity contribution in [2.24, 2.45) is 0 Å². The number of aromatic nitrogens is 1. The summed E-state index contributed by atoms with van der Waals surface area (Å²) in [6, 6.07) is 9.50. The Labute approximate surface area is 133 Å². The van der Waals surface area contributed by atoms with Gasteiger partial charge in [0.15, 0.2) is 5.58 Å². The van der Waals surface area contributed by atoms with E-state index in [1.165, 1.54) is 0 Å². The summed E-state index contributed by atoms with van der Waals surface area (Å²) in [6.07, 6.45) is 3.33. The third-order valence-corrected chi connectivity index (χ3v) is 4.75. The van der Waals surface area contributed by atoms with E-state index in [1.807, 2.05) is 18.2 Å². The highest BCUT2D eigenvalue weighted by Crippen LogP contribution is 2.36. The van der Waals surface area contributed by atoms with Crippen LogP contribution in [0.5, 0.6) is 0 Å². The predicted octanol–water partition coefficient (Wildman–Crippen LogP) is 2.28. The van der Waals surface area contributed by atoms with Gasteiger partial charge in [-0.3, -0.25) is 9.36 Å². The Balaban J connectivity index is 1.63. The molecular formula is C17H19N3O3. The summed E-state index contributed by atoms with van der Waals surface area (Å²) in [4.78, 5) is 25.7. The molecule has 1 amide bonds. The van der Waals surface area contributed by atoms with Crippen molar-refractivity contribution in [3.8, 4) is 6.07 Å². The summed E-state index contributed by atoms with van der Waals surface area (Å²) >= 11 is 0. The quantitative estimate of drug-likeness (QED) is 0.848. The first-order chi connectivity index (χ1) is 11.1. The lowest BCUT2D eigenvalue weighted by molar-refractivity contribution is -0.136. The third kappa shape index (κ3) is 2.63. The number of benzene rings is 1. The van der Waals surface area contributed by atoms with Crippen LogP contribution in [0.3, 0.4) is 0 Å². The molecule has 23 heavy (non-hydrogen) atoms. The average Bonchev–Trinajstić information content (AvgIpc) is 2.82. The maximum absolute atomic E-state index is 12.3. The number of carbonyl (C=O) groups is 1. The lowest BCUT2D eigenvalue weighted by Gasteiger charge is -2.43. The molecule has 1 aliphatic carbocycles. The van der Waals surface area contributed by atoms with Crippen LogP contribution >= 0.6 is 0 Å². The first-order valence-electron chi connectivity index (χ1n) is 7.84. The van der Waals surface area contributed by atoms with Gasteiger partial charge in [0.25, 0.3) is 0 Å². The molecule has 6 nitrogen and oxygen atoms in total. The van der Waals surface area contributed by atoms with Gasteiger partial charge in [-0.25, -0.2) is 4.79 Å². The van der Waals surface area contributed by atoms with E-state index in [2.05, 4.69) is 6.07 Å². The molecule has 1 saturated carbocycles. The largest absolute Gasteiger partial charge is 0.419 e. The number of oxazole rings is 1. The Morgan fingerprint density at radius 2 is 2.17 bits per heavy atom. The van der Waals surface area contributed by atoms with Gasteiger partial charge in [-0.15, -0.1) is 0 Å². The molecule has 0 radical (unpaired) electrons. The van der Waals surface area contributed by atoms with E-state index in [1.54, 1.807) is 22.6 Å². The van der Waals surface area contributed by atoms with Crippen molar-refractivity contribution in [2.75, 3.05) is 7.05 Å². The summed E-state index contributed by atoms with van der Waals surface area (Å²) in [5.41, 5.74) is 0.681. The van der Waals surface area contributed by atoms with Crippen molar-refractivity contribution in [1.29, 1.82) is 5.26 Å². The van der Waals surface area contributed by atoms with Gasteiger partial charge in [-0.2, -0.15) is 5.26 Å². The van der Waals surface area contributed by atoms with Gasteiger partial charge in [-0.1, -0.05) is 12.1 Å². The second-order valence-electron chi connectivity index (χ2n) is 6.04. The maximum atomic E-state index is 12.3. The Bertz CT molecular complexity index is 823. The molecule has 0 aliphatic heterocycles. The molecule has 0 spiro atoms. The summed E-state index contributed by atoms with van der Waals surface area (Å²) < 4.78 is 6.72. The number of rotatable bonds is 5. The average molecular weight is 313 g/mol. The van der Waals surface area contributed by atoms with Gasteiger partial charge in [0.2, 0.25) is 5.91 Å². The Hall–Kier alpha value is -2.55. The Morgan fingerprint density at radius 3 is 2.83 bits per heavy atom. The second-order valence-corrected chi connectivity index (χ2v) is 6.04. The molecule has 0 saturated heterocycles. The minimum absolute atomic E-state index is 0.0490. The molecule has 2 aromatic rings. The molecule has 1 aromatic heterocycles. The predicted molar refractivity (Wildman–Crippen MR) is 84.7 cm³/mol.